The second kappa shape index (κ2) is 7.09. The van der Waals surface area contributed by atoms with Gasteiger partial charge in [-0.15, -0.1) is 0 Å². The number of carbonyl (C=O) groups excluding carboxylic acids is 1. The molecule has 1 saturated heterocycles. The smallest absolute Gasteiger partial charge is 0.217 e. The Hall–Kier alpha value is -2.06. The number of primary amides is 1. The molecule has 0 bridgehead atoms. The van der Waals surface area contributed by atoms with Gasteiger partial charge in [0, 0.05) is 13.0 Å². The van der Waals surface area contributed by atoms with E-state index in [9.17, 15) is 4.79 Å². The SMILES string of the molecule is COc1cc(CN2CCC(CC(N)=O)CC2)ccc1C#N. The summed E-state index contributed by atoms with van der Waals surface area (Å²) < 4.78 is 5.23. The highest BCUT2D eigenvalue weighted by molar-refractivity contribution is 5.73. The molecule has 5 heteroatoms. The van der Waals surface area contributed by atoms with Gasteiger partial charge in [0.1, 0.15) is 11.8 Å². The molecule has 1 aromatic rings. The van der Waals surface area contributed by atoms with Gasteiger partial charge in [-0.25, -0.2) is 0 Å². The van der Waals surface area contributed by atoms with Crippen molar-refractivity contribution in [1.29, 1.82) is 5.26 Å². The van der Waals surface area contributed by atoms with Gasteiger partial charge in [0.15, 0.2) is 0 Å². The minimum absolute atomic E-state index is 0.203. The van der Waals surface area contributed by atoms with Crippen molar-refractivity contribution < 1.29 is 9.53 Å². The monoisotopic (exact) mass is 287 g/mol. The molecule has 0 spiro atoms. The molecule has 1 fully saturated rings. The van der Waals surface area contributed by atoms with E-state index < -0.39 is 0 Å². The predicted octanol–water partition coefficient (Wildman–Crippen LogP) is 1.65. The minimum atomic E-state index is -0.203. The van der Waals surface area contributed by atoms with Crippen LogP contribution in [-0.2, 0) is 11.3 Å². The summed E-state index contributed by atoms with van der Waals surface area (Å²) in [4.78, 5) is 13.3. The van der Waals surface area contributed by atoms with E-state index in [1.54, 1.807) is 13.2 Å². The number of nitrogens with two attached hydrogens (primary N) is 1. The summed E-state index contributed by atoms with van der Waals surface area (Å²) in [6.07, 6.45) is 2.52. The third-order valence-electron chi connectivity index (χ3n) is 3.99. The number of hydrogen-bond acceptors (Lipinski definition) is 4. The van der Waals surface area contributed by atoms with Crippen molar-refractivity contribution in [2.24, 2.45) is 11.7 Å². The summed E-state index contributed by atoms with van der Waals surface area (Å²) in [5.74, 6) is 0.846. The van der Waals surface area contributed by atoms with Crippen molar-refractivity contribution in [1.82, 2.24) is 4.90 Å². The van der Waals surface area contributed by atoms with E-state index in [2.05, 4.69) is 11.0 Å². The third-order valence-corrected chi connectivity index (χ3v) is 3.99. The molecule has 112 valence electrons. The standard InChI is InChI=1S/C16H21N3O2/c1-21-15-8-13(2-3-14(15)10-17)11-19-6-4-12(5-7-19)9-16(18)20/h2-3,8,12H,4-7,9,11H2,1H3,(H2,18,20). The second-order valence-electron chi connectivity index (χ2n) is 5.54. The van der Waals surface area contributed by atoms with Crippen molar-refractivity contribution in [3.05, 3.63) is 29.3 Å². The molecule has 1 aliphatic heterocycles. The predicted molar refractivity (Wildman–Crippen MR) is 79.5 cm³/mol. The molecule has 0 aliphatic carbocycles. The lowest BCUT2D eigenvalue weighted by Crippen LogP contribution is -2.34. The molecular formula is C16H21N3O2. The third kappa shape index (κ3) is 4.20. The van der Waals surface area contributed by atoms with Crippen LogP contribution in [0.3, 0.4) is 0 Å². The Morgan fingerprint density at radius 3 is 2.76 bits per heavy atom. The maximum Gasteiger partial charge on any atom is 0.217 e. The summed E-state index contributed by atoms with van der Waals surface area (Å²) in [6, 6.07) is 7.81. The number of hydrogen-bond donors (Lipinski definition) is 1. The normalized spacial score (nSPS) is 16.4. The summed E-state index contributed by atoms with van der Waals surface area (Å²) >= 11 is 0. The van der Waals surface area contributed by atoms with Gasteiger partial charge < -0.3 is 10.5 Å². The molecule has 0 aromatic heterocycles. The van der Waals surface area contributed by atoms with Crippen LogP contribution in [-0.4, -0.2) is 31.0 Å². The summed E-state index contributed by atoms with van der Waals surface area (Å²) in [5, 5.41) is 8.98. The lowest BCUT2D eigenvalue weighted by Gasteiger charge is -2.31. The van der Waals surface area contributed by atoms with Gasteiger partial charge in [0.25, 0.3) is 0 Å². The van der Waals surface area contributed by atoms with Crippen LogP contribution in [0.2, 0.25) is 0 Å². The number of rotatable bonds is 5. The topological polar surface area (TPSA) is 79.3 Å². The second-order valence-corrected chi connectivity index (χ2v) is 5.54. The number of ether oxygens (including phenoxy) is 1. The van der Waals surface area contributed by atoms with Crippen LogP contribution < -0.4 is 10.5 Å². The lowest BCUT2D eigenvalue weighted by atomic mass is 9.93. The Balaban J connectivity index is 1.92. The van der Waals surface area contributed by atoms with Crippen LogP contribution in [0, 0.1) is 17.2 Å². The molecule has 1 aromatic carbocycles. The molecule has 2 rings (SSSR count). The molecular weight excluding hydrogens is 266 g/mol. The number of piperidine rings is 1. The molecule has 0 radical (unpaired) electrons. The molecule has 0 saturated carbocycles. The van der Waals surface area contributed by atoms with Crippen LogP contribution in [0.15, 0.2) is 18.2 Å². The van der Waals surface area contributed by atoms with Crippen molar-refractivity contribution in [2.75, 3.05) is 20.2 Å². The molecule has 1 amide bonds. The molecule has 0 unspecified atom stereocenters. The highest BCUT2D eigenvalue weighted by Crippen LogP contribution is 2.24. The van der Waals surface area contributed by atoms with Crippen LogP contribution in [0.25, 0.3) is 0 Å². The molecule has 1 aliphatic rings. The van der Waals surface area contributed by atoms with E-state index in [1.165, 1.54) is 0 Å². The maximum atomic E-state index is 10.9. The summed E-state index contributed by atoms with van der Waals surface area (Å²) in [6.45, 7) is 2.78. The van der Waals surface area contributed by atoms with E-state index >= 15 is 0 Å². The zero-order valence-corrected chi connectivity index (χ0v) is 12.3. The Labute approximate surface area is 125 Å². The van der Waals surface area contributed by atoms with E-state index in [0.717, 1.165) is 38.0 Å². The Kier molecular flexibility index (Phi) is 5.18. The first-order valence-electron chi connectivity index (χ1n) is 7.20. The first-order chi connectivity index (χ1) is 10.1. The first kappa shape index (κ1) is 15.3. The van der Waals surface area contributed by atoms with Crippen LogP contribution in [0.1, 0.15) is 30.4 Å². The average Bonchev–Trinajstić information content (AvgIpc) is 2.48. The molecule has 5 nitrogen and oxygen atoms in total. The summed E-state index contributed by atoms with van der Waals surface area (Å²) in [7, 11) is 1.58. The largest absolute Gasteiger partial charge is 0.495 e. The quantitative estimate of drug-likeness (QED) is 0.893. The van der Waals surface area contributed by atoms with Crippen LogP contribution in [0.5, 0.6) is 5.75 Å². The van der Waals surface area contributed by atoms with Gasteiger partial charge >= 0.3 is 0 Å². The van der Waals surface area contributed by atoms with Gasteiger partial charge in [0.2, 0.25) is 5.91 Å². The molecule has 1 heterocycles. The zero-order valence-electron chi connectivity index (χ0n) is 12.3. The fourth-order valence-electron chi connectivity index (χ4n) is 2.82. The zero-order chi connectivity index (χ0) is 15.2. The van der Waals surface area contributed by atoms with Crippen LogP contribution >= 0.6 is 0 Å². The highest BCUT2D eigenvalue weighted by atomic mass is 16.5. The number of likely N-dealkylation sites (tertiary alicyclic amines) is 1. The first-order valence-corrected chi connectivity index (χ1v) is 7.20. The van der Waals surface area contributed by atoms with Gasteiger partial charge in [-0.3, -0.25) is 9.69 Å². The molecule has 2 N–H and O–H groups in total. The van der Waals surface area contributed by atoms with Gasteiger partial charge in [-0.1, -0.05) is 6.07 Å². The van der Waals surface area contributed by atoms with Gasteiger partial charge in [0.05, 0.1) is 12.7 Å². The fourth-order valence-corrected chi connectivity index (χ4v) is 2.82. The van der Waals surface area contributed by atoms with Crippen molar-refractivity contribution in [3.8, 4) is 11.8 Å². The fraction of sp³-hybridized carbons (Fsp3) is 0.500. The van der Waals surface area contributed by atoms with E-state index in [-0.39, 0.29) is 5.91 Å². The summed E-state index contributed by atoms with van der Waals surface area (Å²) in [5.41, 5.74) is 6.94. The molecule has 21 heavy (non-hydrogen) atoms. The van der Waals surface area contributed by atoms with Gasteiger partial charge in [-0.05, 0) is 49.5 Å². The van der Waals surface area contributed by atoms with E-state index in [1.807, 2.05) is 12.1 Å². The van der Waals surface area contributed by atoms with Crippen LogP contribution in [0.4, 0.5) is 0 Å². The maximum absolute atomic E-state index is 10.9. The number of nitriles is 1. The van der Waals surface area contributed by atoms with E-state index in [4.69, 9.17) is 15.7 Å². The number of nitrogens with zero attached hydrogens (tertiary/aromatic N) is 2. The lowest BCUT2D eigenvalue weighted by molar-refractivity contribution is -0.119. The molecule has 0 atom stereocenters. The Morgan fingerprint density at radius 2 is 2.19 bits per heavy atom. The minimum Gasteiger partial charge on any atom is -0.495 e. The van der Waals surface area contributed by atoms with Gasteiger partial charge in [-0.2, -0.15) is 5.26 Å². The van der Waals surface area contributed by atoms with E-state index in [0.29, 0.717) is 23.7 Å². The average molecular weight is 287 g/mol. The Bertz CT molecular complexity index is 543. The van der Waals surface area contributed by atoms with Crippen molar-refractivity contribution in [3.63, 3.8) is 0 Å². The number of methoxy groups -OCH3 is 1. The number of carbonyl (C=O) groups is 1. The Morgan fingerprint density at radius 1 is 1.48 bits per heavy atom. The van der Waals surface area contributed by atoms with Crippen molar-refractivity contribution >= 4 is 5.91 Å². The highest BCUT2D eigenvalue weighted by Gasteiger charge is 2.20. The number of amides is 1. The van der Waals surface area contributed by atoms with Crippen molar-refractivity contribution in [2.45, 2.75) is 25.8 Å². The number of benzene rings is 1.